The van der Waals surface area contributed by atoms with Crippen LogP contribution in [0.2, 0.25) is 0 Å². The van der Waals surface area contributed by atoms with Crippen LogP contribution in [0.15, 0.2) is 18.2 Å². The Balaban J connectivity index is 1.31. The predicted molar refractivity (Wildman–Crippen MR) is 126 cm³/mol. The summed E-state index contributed by atoms with van der Waals surface area (Å²) >= 11 is 0. The number of hydrogen-bond acceptors (Lipinski definition) is 5. The molecular formula is C25H32F6N4O3. The minimum Gasteiger partial charge on any atom is -0.426 e. The van der Waals surface area contributed by atoms with Gasteiger partial charge in [0.15, 0.2) is 0 Å². The maximum atomic E-state index is 12.8. The Hall–Kier alpha value is -2.70. The molecule has 3 fully saturated rings. The number of carbonyl (C=O) groups excluding carboxylic acids is 2. The van der Waals surface area contributed by atoms with Crippen molar-refractivity contribution in [2.75, 3.05) is 44.2 Å². The number of carbonyl (C=O) groups is 2. The third kappa shape index (κ3) is 6.47. The van der Waals surface area contributed by atoms with Crippen molar-refractivity contribution < 1.29 is 40.7 Å². The average Bonchev–Trinajstić information content (AvgIpc) is 3.36. The van der Waals surface area contributed by atoms with Crippen LogP contribution < -0.4 is 10.2 Å². The molecule has 0 spiro atoms. The molecule has 1 N–H and O–H groups in total. The number of amides is 2. The molecule has 3 aliphatic heterocycles. The fourth-order valence-corrected chi connectivity index (χ4v) is 5.84. The van der Waals surface area contributed by atoms with Gasteiger partial charge in [-0.2, -0.15) is 26.3 Å². The smallest absolute Gasteiger partial charge is 0.426 e. The first kappa shape index (κ1) is 28.3. The quantitative estimate of drug-likeness (QED) is 0.560. The van der Waals surface area contributed by atoms with Crippen molar-refractivity contribution in [3.8, 4) is 0 Å². The molecule has 1 aromatic carbocycles. The van der Waals surface area contributed by atoms with Gasteiger partial charge in [0.2, 0.25) is 5.91 Å². The Morgan fingerprint density at radius 2 is 1.58 bits per heavy atom. The summed E-state index contributed by atoms with van der Waals surface area (Å²) in [6, 6.07) is 6.31. The Kier molecular flexibility index (Phi) is 8.06. The van der Waals surface area contributed by atoms with E-state index in [-0.39, 0.29) is 36.9 Å². The fraction of sp³-hybridized carbons (Fsp3) is 0.680. The monoisotopic (exact) mass is 550 g/mol. The Bertz CT molecular complexity index is 997. The minimum absolute atomic E-state index is 0.0242. The molecule has 0 radical (unpaired) electrons. The van der Waals surface area contributed by atoms with Crippen LogP contribution in [0.3, 0.4) is 0 Å². The van der Waals surface area contributed by atoms with E-state index in [1.807, 2.05) is 6.07 Å². The maximum absolute atomic E-state index is 12.8. The van der Waals surface area contributed by atoms with Gasteiger partial charge in [0.05, 0.1) is 0 Å². The van der Waals surface area contributed by atoms with Crippen LogP contribution in [0.1, 0.15) is 30.9 Å². The first-order chi connectivity index (χ1) is 17.7. The zero-order valence-corrected chi connectivity index (χ0v) is 21.2. The van der Waals surface area contributed by atoms with E-state index in [0.717, 1.165) is 47.6 Å². The zero-order valence-electron chi connectivity index (χ0n) is 21.2. The zero-order chi connectivity index (χ0) is 27.8. The van der Waals surface area contributed by atoms with Gasteiger partial charge in [-0.25, -0.2) is 4.79 Å². The fourth-order valence-electron chi connectivity index (χ4n) is 5.84. The van der Waals surface area contributed by atoms with Crippen LogP contribution in [0.25, 0.3) is 0 Å². The van der Waals surface area contributed by atoms with E-state index in [1.165, 1.54) is 6.92 Å². The highest BCUT2D eigenvalue weighted by Crippen LogP contribution is 2.38. The Morgan fingerprint density at radius 3 is 2.11 bits per heavy atom. The van der Waals surface area contributed by atoms with Crippen LogP contribution in [-0.2, 0) is 16.1 Å². The molecule has 0 bridgehead atoms. The highest BCUT2D eigenvalue weighted by molar-refractivity contribution is 5.73. The summed E-state index contributed by atoms with van der Waals surface area (Å²) in [7, 11) is 0. The van der Waals surface area contributed by atoms with Gasteiger partial charge in [-0.05, 0) is 48.8 Å². The number of alkyl halides is 6. The van der Waals surface area contributed by atoms with Gasteiger partial charge in [0.1, 0.15) is 0 Å². The van der Waals surface area contributed by atoms with Gasteiger partial charge in [-0.1, -0.05) is 12.1 Å². The third-order valence-corrected chi connectivity index (χ3v) is 7.69. The van der Waals surface area contributed by atoms with Crippen LogP contribution in [0, 0.1) is 18.8 Å². The van der Waals surface area contributed by atoms with Gasteiger partial charge in [-0.3, -0.25) is 9.69 Å². The van der Waals surface area contributed by atoms with E-state index in [0.29, 0.717) is 19.6 Å². The lowest BCUT2D eigenvalue weighted by Gasteiger charge is -2.35. The molecule has 38 heavy (non-hydrogen) atoms. The third-order valence-electron chi connectivity index (χ3n) is 7.69. The summed E-state index contributed by atoms with van der Waals surface area (Å²) in [5.41, 5.74) is 3.43. The average molecular weight is 551 g/mol. The Morgan fingerprint density at radius 1 is 1.00 bits per heavy atom. The van der Waals surface area contributed by atoms with Crippen molar-refractivity contribution in [2.24, 2.45) is 11.8 Å². The van der Waals surface area contributed by atoms with Gasteiger partial charge in [0, 0.05) is 64.5 Å². The summed E-state index contributed by atoms with van der Waals surface area (Å²) in [6.07, 6.45) is -15.4. The largest absolute Gasteiger partial charge is 0.434 e. The lowest BCUT2D eigenvalue weighted by Crippen LogP contribution is -2.48. The SMILES string of the molecule is CC(=O)NC1CCN(c2cccc(CN3CC4CN(C(=O)OC(C(F)(F)F)C(F)(F)F)CC4C3)c2C)CC1. The standard InChI is InChI=1S/C25H32F6N4O3/c1-15-17(4-3-5-21(15)34-8-6-20(7-9-34)32-16(2)36)10-33-11-18-13-35(14-19(18)12-33)23(37)38-22(24(26,27)28)25(29,30)31/h3-5,18-20,22H,6-14H2,1-2H3,(H,32,36). The maximum Gasteiger partial charge on any atom is 0.434 e. The summed E-state index contributed by atoms with van der Waals surface area (Å²) in [4.78, 5) is 28.9. The first-order valence-electron chi connectivity index (χ1n) is 12.6. The van der Waals surface area contributed by atoms with E-state index in [9.17, 15) is 35.9 Å². The molecule has 2 amide bonds. The highest BCUT2D eigenvalue weighted by Gasteiger charge is 2.60. The molecule has 3 saturated heterocycles. The van der Waals surface area contributed by atoms with Gasteiger partial charge in [-0.15, -0.1) is 0 Å². The van der Waals surface area contributed by atoms with Crippen molar-refractivity contribution in [1.29, 1.82) is 0 Å². The molecule has 4 rings (SSSR count). The first-order valence-corrected chi connectivity index (χ1v) is 12.6. The number of nitrogens with zero attached hydrogens (tertiary/aromatic N) is 3. The summed E-state index contributed by atoms with van der Waals surface area (Å²) in [5, 5.41) is 2.97. The minimum atomic E-state index is -5.73. The van der Waals surface area contributed by atoms with Crippen LogP contribution in [0.5, 0.6) is 0 Å². The second-order valence-electron chi connectivity index (χ2n) is 10.5. The molecule has 2 atom stereocenters. The van der Waals surface area contributed by atoms with Crippen molar-refractivity contribution in [3.05, 3.63) is 29.3 Å². The van der Waals surface area contributed by atoms with Crippen molar-refractivity contribution in [2.45, 2.75) is 57.7 Å². The molecule has 1 aromatic rings. The molecule has 212 valence electrons. The summed E-state index contributed by atoms with van der Waals surface area (Å²) < 4.78 is 80.4. The number of ether oxygens (including phenoxy) is 1. The predicted octanol–water partition coefficient (Wildman–Crippen LogP) is 4.09. The molecule has 0 aromatic heterocycles. The number of likely N-dealkylation sites (tertiary alicyclic amines) is 2. The number of halogens is 6. The van der Waals surface area contributed by atoms with Crippen molar-refractivity contribution in [1.82, 2.24) is 15.1 Å². The normalized spacial score (nSPS) is 23.2. The van der Waals surface area contributed by atoms with Crippen LogP contribution >= 0.6 is 0 Å². The van der Waals surface area contributed by atoms with Gasteiger partial charge >= 0.3 is 18.4 Å². The van der Waals surface area contributed by atoms with Gasteiger partial charge in [0.25, 0.3) is 6.10 Å². The number of piperidine rings is 1. The van der Waals surface area contributed by atoms with Gasteiger partial charge < -0.3 is 19.9 Å². The molecule has 3 heterocycles. The van der Waals surface area contributed by atoms with Crippen LogP contribution in [0.4, 0.5) is 36.8 Å². The van der Waals surface area contributed by atoms with Crippen molar-refractivity contribution >= 4 is 17.7 Å². The summed E-state index contributed by atoms with van der Waals surface area (Å²) in [6.45, 7) is 7.20. The number of rotatable bonds is 5. The Labute approximate surface area is 217 Å². The topological polar surface area (TPSA) is 65.1 Å². The van der Waals surface area contributed by atoms with E-state index in [1.54, 1.807) is 0 Å². The molecule has 0 aliphatic carbocycles. The lowest BCUT2D eigenvalue weighted by molar-refractivity contribution is -0.308. The summed E-state index contributed by atoms with van der Waals surface area (Å²) in [5.74, 6) is -0.119. The van der Waals surface area contributed by atoms with E-state index < -0.39 is 24.5 Å². The molecule has 2 unspecified atom stereocenters. The number of anilines is 1. The van der Waals surface area contributed by atoms with Crippen LogP contribution in [-0.4, -0.2) is 85.6 Å². The number of fused-ring (bicyclic) bond motifs is 1. The molecular weight excluding hydrogens is 518 g/mol. The number of nitrogens with one attached hydrogen (secondary N) is 1. The van der Waals surface area contributed by atoms with Crippen molar-refractivity contribution in [3.63, 3.8) is 0 Å². The molecule has 7 nitrogen and oxygen atoms in total. The highest BCUT2D eigenvalue weighted by atomic mass is 19.4. The second kappa shape index (κ2) is 10.8. The van der Waals surface area contributed by atoms with E-state index >= 15 is 0 Å². The molecule has 13 heteroatoms. The second-order valence-corrected chi connectivity index (χ2v) is 10.5. The number of hydrogen-bond donors (Lipinski definition) is 1. The lowest BCUT2D eigenvalue weighted by atomic mass is 10.0. The number of benzene rings is 1. The molecule has 0 saturated carbocycles. The molecule has 3 aliphatic rings. The van der Waals surface area contributed by atoms with E-state index in [2.05, 4.69) is 38.9 Å². The van der Waals surface area contributed by atoms with E-state index in [4.69, 9.17) is 0 Å².